The van der Waals surface area contributed by atoms with Crippen LogP contribution in [0.4, 0.5) is 0 Å². The van der Waals surface area contributed by atoms with E-state index in [9.17, 15) is 13.2 Å². The molecule has 1 saturated heterocycles. The Kier molecular flexibility index (Phi) is 6.60. The van der Waals surface area contributed by atoms with Gasteiger partial charge in [0.05, 0.1) is 12.1 Å². The lowest BCUT2D eigenvalue weighted by Gasteiger charge is -2.32. The number of piperazine rings is 1. The van der Waals surface area contributed by atoms with Crippen molar-refractivity contribution in [1.29, 1.82) is 0 Å². The van der Waals surface area contributed by atoms with Crippen LogP contribution in [0.1, 0.15) is 25.8 Å². The number of likely N-dealkylation sites (N-methyl/N-ethyl adjacent to an activating group) is 1. The first-order valence-corrected chi connectivity index (χ1v) is 12.7. The maximum absolute atomic E-state index is 13.5. The molecular weight excluding hydrogens is 442 g/mol. The second-order valence-corrected chi connectivity index (χ2v) is 10.3. The Bertz CT molecular complexity index is 1320. The number of benzene rings is 1. The molecule has 1 aliphatic rings. The molecular formula is C23H31N5O4S. The zero-order chi connectivity index (χ0) is 23.8. The summed E-state index contributed by atoms with van der Waals surface area (Å²) in [6, 6.07) is 4.94. The van der Waals surface area contributed by atoms with Crippen LogP contribution in [0.5, 0.6) is 5.75 Å². The first kappa shape index (κ1) is 23.5. The Hall–Kier alpha value is -2.69. The summed E-state index contributed by atoms with van der Waals surface area (Å²) in [5.74, 6) is 0.643. The quantitative estimate of drug-likeness (QED) is 0.565. The first-order valence-electron chi connectivity index (χ1n) is 11.3. The standard InChI is InChI=1S/C23H31N5O4S/c1-5-7-17-15-27(4)21-20(17)24-22(25-23(21)29)16-8-9-18(32-6-2)19(14-16)33(30,31)28-12-10-26(3)11-13-28/h8-9,14-15H,5-7,10-13H2,1-4H3,(H,24,25,29). The molecule has 10 heteroatoms. The van der Waals surface area contributed by atoms with Gasteiger partial charge in [0.2, 0.25) is 10.0 Å². The molecule has 9 nitrogen and oxygen atoms in total. The number of rotatable bonds is 7. The molecule has 0 atom stereocenters. The minimum absolute atomic E-state index is 0.0935. The lowest BCUT2D eigenvalue weighted by atomic mass is 10.1. The van der Waals surface area contributed by atoms with Crippen molar-refractivity contribution < 1.29 is 13.2 Å². The number of nitrogens with one attached hydrogen (secondary N) is 1. The number of ether oxygens (including phenoxy) is 1. The molecule has 2 aromatic heterocycles. The zero-order valence-corrected chi connectivity index (χ0v) is 20.4. The smallest absolute Gasteiger partial charge is 0.275 e. The van der Waals surface area contributed by atoms with Gasteiger partial charge in [-0.2, -0.15) is 4.31 Å². The molecule has 3 aromatic rings. The highest BCUT2D eigenvalue weighted by Crippen LogP contribution is 2.32. The number of nitrogens with zero attached hydrogens (tertiary/aromatic N) is 4. The highest BCUT2D eigenvalue weighted by Gasteiger charge is 2.31. The topological polar surface area (TPSA) is 101 Å². The van der Waals surface area contributed by atoms with Crippen molar-refractivity contribution in [2.75, 3.05) is 39.8 Å². The maximum atomic E-state index is 13.5. The van der Waals surface area contributed by atoms with Gasteiger partial charge in [0.15, 0.2) is 0 Å². The molecule has 0 amide bonds. The SMILES string of the molecule is CCCc1cn(C)c2c(=O)[nH]c(-c3ccc(OCC)c(S(=O)(=O)N4CCN(C)CC4)c3)nc12. The van der Waals surface area contributed by atoms with Crippen LogP contribution in [-0.2, 0) is 23.5 Å². The fraction of sp³-hybridized carbons (Fsp3) is 0.478. The number of aromatic amines is 1. The van der Waals surface area contributed by atoms with Crippen LogP contribution in [0.15, 0.2) is 34.1 Å². The van der Waals surface area contributed by atoms with Crippen molar-refractivity contribution in [3.8, 4) is 17.1 Å². The molecule has 1 aliphatic heterocycles. The minimum Gasteiger partial charge on any atom is -0.492 e. The van der Waals surface area contributed by atoms with Crippen LogP contribution in [0.3, 0.4) is 0 Å². The van der Waals surface area contributed by atoms with Gasteiger partial charge in [0.1, 0.15) is 22.0 Å². The molecule has 1 N–H and O–H groups in total. The molecule has 1 fully saturated rings. The van der Waals surface area contributed by atoms with E-state index in [0.29, 0.717) is 61.0 Å². The van der Waals surface area contributed by atoms with Gasteiger partial charge in [0.25, 0.3) is 5.56 Å². The number of H-pyrrole nitrogens is 1. The van der Waals surface area contributed by atoms with E-state index in [1.54, 1.807) is 22.8 Å². The molecule has 0 unspecified atom stereocenters. The fourth-order valence-corrected chi connectivity index (χ4v) is 5.85. The third-order valence-electron chi connectivity index (χ3n) is 6.02. The molecule has 4 rings (SSSR count). The van der Waals surface area contributed by atoms with Crippen LogP contribution in [0, 0.1) is 0 Å². The summed E-state index contributed by atoms with van der Waals surface area (Å²) in [7, 11) is 0.0297. The van der Waals surface area contributed by atoms with Crippen LogP contribution in [0.2, 0.25) is 0 Å². The zero-order valence-electron chi connectivity index (χ0n) is 19.6. The Balaban J connectivity index is 1.84. The summed E-state index contributed by atoms with van der Waals surface area (Å²) in [4.78, 5) is 22.6. The van der Waals surface area contributed by atoms with Gasteiger partial charge < -0.3 is 19.2 Å². The highest BCUT2D eigenvalue weighted by atomic mass is 32.2. The Morgan fingerprint density at radius 1 is 1.12 bits per heavy atom. The molecule has 1 aromatic carbocycles. The predicted octanol–water partition coefficient (Wildman–Crippen LogP) is 2.22. The molecule has 33 heavy (non-hydrogen) atoms. The van der Waals surface area contributed by atoms with Gasteiger partial charge >= 0.3 is 0 Å². The Labute approximate surface area is 194 Å². The van der Waals surface area contributed by atoms with E-state index >= 15 is 0 Å². The second kappa shape index (κ2) is 9.28. The van der Waals surface area contributed by atoms with Crippen LogP contribution >= 0.6 is 0 Å². The number of fused-ring (bicyclic) bond motifs is 1. The van der Waals surface area contributed by atoms with Crippen molar-refractivity contribution >= 4 is 21.1 Å². The summed E-state index contributed by atoms with van der Waals surface area (Å²) in [6.45, 7) is 6.41. The molecule has 0 saturated carbocycles. The van der Waals surface area contributed by atoms with E-state index in [4.69, 9.17) is 9.72 Å². The maximum Gasteiger partial charge on any atom is 0.275 e. The van der Waals surface area contributed by atoms with E-state index in [0.717, 1.165) is 18.4 Å². The average molecular weight is 474 g/mol. The second-order valence-electron chi connectivity index (χ2n) is 8.43. The Morgan fingerprint density at radius 3 is 2.52 bits per heavy atom. The summed E-state index contributed by atoms with van der Waals surface area (Å²) in [5.41, 5.74) is 2.43. The molecule has 0 spiro atoms. The summed E-state index contributed by atoms with van der Waals surface area (Å²) < 4.78 is 36.0. The van der Waals surface area contributed by atoms with Crippen molar-refractivity contribution in [3.05, 3.63) is 40.3 Å². The van der Waals surface area contributed by atoms with Gasteiger partial charge in [-0.15, -0.1) is 0 Å². The first-order chi connectivity index (χ1) is 15.8. The van der Waals surface area contributed by atoms with Gasteiger partial charge in [-0.05, 0) is 44.2 Å². The summed E-state index contributed by atoms with van der Waals surface area (Å²) in [6.07, 6.45) is 3.67. The average Bonchev–Trinajstić information content (AvgIpc) is 3.10. The van der Waals surface area contributed by atoms with Gasteiger partial charge in [-0.1, -0.05) is 13.3 Å². The normalized spacial score (nSPS) is 15.9. The van der Waals surface area contributed by atoms with Gasteiger partial charge in [-0.3, -0.25) is 4.79 Å². The van der Waals surface area contributed by atoms with Crippen molar-refractivity contribution in [3.63, 3.8) is 0 Å². The Morgan fingerprint density at radius 2 is 1.85 bits per heavy atom. The molecule has 0 bridgehead atoms. The lowest BCUT2D eigenvalue weighted by Crippen LogP contribution is -2.47. The van der Waals surface area contributed by atoms with Crippen LogP contribution < -0.4 is 10.3 Å². The number of sulfonamides is 1. The van der Waals surface area contributed by atoms with E-state index in [2.05, 4.69) is 16.8 Å². The monoisotopic (exact) mass is 473 g/mol. The van der Waals surface area contributed by atoms with Gasteiger partial charge in [0, 0.05) is 45.0 Å². The highest BCUT2D eigenvalue weighted by molar-refractivity contribution is 7.89. The fourth-order valence-electron chi connectivity index (χ4n) is 4.27. The summed E-state index contributed by atoms with van der Waals surface area (Å²) in [5, 5.41) is 0. The van der Waals surface area contributed by atoms with Crippen molar-refractivity contribution in [1.82, 2.24) is 23.7 Å². The van der Waals surface area contributed by atoms with Crippen molar-refractivity contribution in [2.24, 2.45) is 7.05 Å². The predicted molar refractivity (Wildman–Crippen MR) is 128 cm³/mol. The summed E-state index contributed by atoms with van der Waals surface area (Å²) >= 11 is 0. The third kappa shape index (κ3) is 4.42. The van der Waals surface area contributed by atoms with E-state index < -0.39 is 10.0 Å². The van der Waals surface area contributed by atoms with E-state index in [1.807, 2.05) is 27.2 Å². The minimum atomic E-state index is -3.78. The molecule has 0 aliphatic carbocycles. The largest absolute Gasteiger partial charge is 0.492 e. The van der Waals surface area contributed by atoms with Crippen molar-refractivity contribution in [2.45, 2.75) is 31.6 Å². The molecule has 178 valence electrons. The third-order valence-corrected chi connectivity index (χ3v) is 7.94. The number of aromatic nitrogens is 3. The lowest BCUT2D eigenvalue weighted by molar-refractivity contribution is 0.222. The van der Waals surface area contributed by atoms with Crippen LogP contribution in [0.25, 0.3) is 22.4 Å². The number of hydrogen-bond donors (Lipinski definition) is 1. The van der Waals surface area contributed by atoms with Gasteiger partial charge in [-0.25, -0.2) is 13.4 Å². The van der Waals surface area contributed by atoms with E-state index in [1.165, 1.54) is 4.31 Å². The molecule has 0 radical (unpaired) electrons. The number of hydrogen-bond acceptors (Lipinski definition) is 6. The molecule has 3 heterocycles. The van der Waals surface area contributed by atoms with E-state index in [-0.39, 0.29) is 10.5 Å². The van der Waals surface area contributed by atoms with Crippen LogP contribution in [-0.4, -0.2) is 72.0 Å². The number of aryl methyl sites for hydroxylation is 2.